The summed E-state index contributed by atoms with van der Waals surface area (Å²) in [6, 6.07) is 9.57. The van der Waals surface area contributed by atoms with Gasteiger partial charge < -0.3 is 5.32 Å². The minimum Gasteiger partial charge on any atom is -0.309 e. The molecule has 1 aromatic carbocycles. The number of nitrogens with one attached hydrogen (secondary N) is 1. The summed E-state index contributed by atoms with van der Waals surface area (Å²) >= 11 is 2.08. The minimum absolute atomic E-state index is 0.560. The second-order valence-electron chi connectivity index (χ2n) is 7.45. The van der Waals surface area contributed by atoms with Crippen molar-refractivity contribution in [2.45, 2.75) is 57.7 Å². The van der Waals surface area contributed by atoms with E-state index < -0.39 is 0 Å². The predicted molar refractivity (Wildman–Crippen MR) is 93.7 cm³/mol. The zero-order valence-corrected chi connectivity index (χ0v) is 14.3. The van der Waals surface area contributed by atoms with Crippen molar-refractivity contribution in [3.8, 4) is 0 Å². The largest absolute Gasteiger partial charge is 0.309 e. The first kappa shape index (κ1) is 15.4. The molecule has 1 fully saturated rings. The molecule has 0 radical (unpaired) electrons. The van der Waals surface area contributed by atoms with Crippen molar-refractivity contribution in [2.24, 2.45) is 11.3 Å². The number of rotatable bonds is 5. The molecule has 1 aromatic rings. The third-order valence-electron chi connectivity index (χ3n) is 5.20. The number of fused-ring (bicyclic) bond motifs is 1. The summed E-state index contributed by atoms with van der Waals surface area (Å²) in [6.45, 7) is 5.97. The van der Waals surface area contributed by atoms with Crippen molar-refractivity contribution in [1.29, 1.82) is 0 Å². The Bertz CT molecular complexity index is 462. The Morgan fingerprint density at radius 2 is 2.00 bits per heavy atom. The predicted octanol–water partition coefficient (Wildman–Crippen LogP) is 5.17. The van der Waals surface area contributed by atoms with Gasteiger partial charge >= 0.3 is 0 Å². The fraction of sp³-hybridized carbons (Fsp3) is 0.684. The first-order chi connectivity index (χ1) is 10.2. The maximum Gasteiger partial charge on any atom is 0.0415 e. The van der Waals surface area contributed by atoms with E-state index in [0.29, 0.717) is 11.5 Å². The Kier molecular flexibility index (Phi) is 4.96. The molecule has 3 rings (SSSR count). The van der Waals surface area contributed by atoms with Gasteiger partial charge in [0.05, 0.1) is 0 Å². The van der Waals surface area contributed by atoms with Crippen LogP contribution in [0, 0.1) is 11.3 Å². The highest BCUT2D eigenvalue weighted by atomic mass is 32.2. The van der Waals surface area contributed by atoms with Crippen LogP contribution in [0.5, 0.6) is 0 Å². The number of hydrogen-bond donors (Lipinski definition) is 1. The summed E-state index contributed by atoms with van der Waals surface area (Å²) in [4.78, 5) is 0. The normalized spacial score (nSPS) is 24.2. The molecule has 1 heterocycles. The first-order valence-corrected chi connectivity index (χ1v) is 9.73. The van der Waals surface area contributed by atoms with Crippen molar-refractivity contribution in [3.05, 3.63) is 35.4 Å². The molecule has 1 N–H and O–H groups in total. The third-order valence-corrected chi connectivity index (χ3v) is 6.29. The summed E-state index contributed by atoms with van der Waals surface area (Å²) in [5.74, 6) is 3.23. The highest BCUT2D eigenvalue weighted by molar-refractivity contribution is 7.98. The molecule has 1 aliphatic heterocycles. The lowest BCUT2D eigenvalue weighted by Gasteiger charge is -2.35. The van der Waals surface area contributed by atoms with Gasteiger partial charge in [0.2, 0.25) is 0 Å². The van der Waals surface area contributed by atoms with Crippen molar-refractivity contribution in [1.82, 2.24) is 5.32 Å². The first-order valence-electron chi connectivity index (χ1n) is 8.57. The molecule has 0 bridgehead atoms. The Hall–Kier alpha value is -0.470. The van der Waals surface area contributed by atoms with Gasteiger partial charge in [0.15, 0.2) is 0 Å². The zero-order chi connectivity index (χ0) is 14.7. The minimum atomic E-state index is 0.560. The smallest absolute Gasteiger partial charge is 0.0415 e. The van der Waals surface area contributed by atoms with Crippen LogP contribution >= 0.6 is 11.8 Å². The summed E-state index contributed by atoms with van der Waals surface area (Å²) in [5.41, 5.74) is 3.66. The summed E-state index contributed by atoms with van der Waals surface area (Å²) < 4.78 is 0. The lowest BCUT2D eigenvalue weighted by Crippen LogP contribution is -2.37. The van der Waals surface area contributed by atoms with Crippen LogP contribution in [0.2, 0.25) is 0 Å². The molecule has 1 aliphatic carbocycles. The van der Waals surface area contributed by atoms with Gasteiger partial charge in [0, 0.05) is 24.1 Å². The van der Waals surface area contributed by atoms with E-state index in [0.717, 1.165) is 5.92 Å². The van der Waals surface area contributed by atoms with Crippen molar-refractivity contribution in [3.63, 3.8) is 0 Å². The Morgan fingerprint density at radius 3 is 2.76 bits per heavy atom. The van der Waals surface area contributed by atoms with Crippen LogP contribution in [0.3, 0.4) is 0 Å². The molecule has 2 heteroatoms. The average Bonchev–Trinajstić information content (AvgIpc) is 2.93. The highest BCUT2D eigenvalue weighted by Crippen LogP contribution is 2.43. The van der Waals surface area contributed by atoms with Crippen LogP contribution in [0.15, 0.2) is 24.3 Å². The molecule has 2 aliphatic rings. The second kappa shape index (κ2) is 6.75. The van der Waals surface area contributed by atoms with Gasteiger partial charge in [-0.3, -0.25) is 0 Å². The number of thioether (sulfide) groups is 1. The highest BCUT2D eigenvalue weighted by Gasteiger charge is 2.35. The Labute approximate surface area is 134 Å². The number of benzene rings is 1. The molecular weight excluding hydrogens is 274 g/mol. The lowest BCUT2D eigenvalue weighted by molar-refractivity contribution is 0.217. The molecule has 116 valence electrons. The maximum atomic E-state index is 3.95. The van der Waals surface area contributed by atoms with Gasteiger partial charge in [-0.2, -0.15) is 11.8 Å². The van der Waals surface area contributed by atoms with Crippen molar-refractivity contribution >= 4 is 11.8 Å². The fourth-order valence-electron chi connectivity index (χ4n) is 4.33. The van der Waals surface area contributed by atoms with Gasteiger partial charge in [0.1, 0.15) is 0 Å². The van der Waals surface area contributed by atoms with Gasteiger partial charge in [-0.25, -0.2) is 0 Å². The van der Waals surface area contributed by atoms with Crippen LogP contribution in [-0.4, -0.2) is 12.3 Å². The lowest BCUT2D eigenvalue weighted by atomic mass is 9.78. The van der Waals surface area contributed by atoms with Crippen LogP contribution in [0.25, 0.3) is 0 Å². The van der Waals surface area contributed by atoms with Crippen LogP contribution in [0.4, 0.5) is 0 Å². The molecular formula is C19H29NS. The standard InChI is InChI=1S/C19H29NS/c1-15(2)11-19(9-5-6-10-19)14-20-18-13-21-12-16-7-3-4-8-17(16)18/h3-4,7-8,15,18,20H,5-6,9-14H2,1-2H3. The monoisotopic (exact) mass is 303 g/mol. The zero-order valence-electron chi connectivity index (χ0n) is 13.5. The molecule has 1 unspecified atom stereocenters. The molecule has 0 spiro atoms. The molecule has 21 heavy (non-hydrogen) atoms. The van der Waals surface area contributed by atoms with Crippen molar-refractivity contribution in [2.75, 3.05) is 12.3 Å². The SMILES string of the molecule is CC(C)CC1(CNC2CSCc3ccccc32)CCCC1. The fourth-order valence-corrected chi connectivity index (χ4v) is 5.47. The quantitative estimate of drug-likeness (QED) is 0.805. The van der Waals surface area contributed by atoms with E-state index in [9.17, 15) is 0 Å². The van der Waals surface area contributed by atoms with E-state index in [1.54, 1.807) is 5.56 Å². The summed E-state index contributed by atoms with van der Waals surface area (Å²) in [6.07, 6.45) is 7.12. The van der Waals surface area contributed by atoms with E-state index in [4.69, 9.17) is 0 Å². The summed E-state index contributed by atoms with van der Waals surface area (Å²) in [5, 5.41) is 3.95. The van der Waals surface area contributed by atoms with E-state index in [1.165, 1.54) is 55.7 Å². The maximum absolute atomic E-state index is 3.95. The summed E-state index contributed by atoms with van der Waals surface area (Å²) in [7, 11) is 0. The van der Waals surface area contributed by atoms with E-state index in [-0.39, 0.29) is 0 Å². The molecule has 0 saturated heterocycles. The van der Waals surface area contributed by atoms with Gasteiger partial charge in [-0.05, 0) is 41.7 Å². The Morgan fingerprint density at radius 1 is 1.24 bits per heavy atom. The van der Waals surface area contributed by atoms with Gasteiger partial charge in [-0.15, -0.1) is 0 Å². The van der Waals surface area contributed by atoms with E-state index in [1.807, 2.05) is 0 Å². The molecule has 1 saturated carbocycles. The van der Waals surface area contributed by atoms with Crippen LogP contribution in [-0.2, 0) is 5.75 Å². The Balaban J connectivity index is 1.67. The molecule has 1 atom stereocenters. The van der Waals surface area contributed by atoms with E-state index >= 15 is 0 Å². The molecule has 0 aromatic heterocycles. The van der Waals surface area contributed by atoms with Crippen LogP contribution in [0.1, 0.15) is 63.1 Å². The number of hydrogen-bond acceptors (Lipinski definition) is 2. The average molecular weight is 304 g/mol. The second-order valence-corrected chi connectivity index (χ2v) is 8.48. The topological polar surface area (TPSA) is 12.0 Å². The third kappa shape index (κ3) is 3.65. The van der Waals surface area contributed by atoms with Crippen molar-refractivity contribution < 1.29 is 0 Å². The molecule has 1 nitrogen and oxygen atoms in total. The van der Waals surface area contributed by atoms with Gasteiger partial charge in [0.25, 0.3) is 0 Å². The molecule has 0 amide bonds. The van der Waals surface area contributed by atoms with E-state index in [2.05, 4.69) is 55.2 Å². The van der Waals surface area contributed by atoms with Gasteiger partial charge in [-0.1, -0.05) is 51.0 Å². The van der Waals surface area contributed by atoms with Crippen LogP contribution < -0.4 is 5.32 Å².